The van der Waals surface area contributed by atoms with Crippen LogP contribution in [0.25, 0.3) is 0 Å². The fraction of sp³-hybridized carbons (Fsp3) is 0.938. The second-order valence-electron chi connectivity index (χ2n) is 6.97. The quantitative estimate of drug-likeness (QED) is 0.672. The molecule has 1 rings (SSSR count). The molecule has 0 aromatic rings. The molecule has 0 heterocycles. The summed E-state index contributed by atoms with van der Waals surface area (Å²) in [4.78, 5) is 11.8. The van der Waals surface area contributed by atoms with Gasteiger partial charge in [0.1, 0.15) is 5.60 Å². The number of hydrogen-bond donors (Lipinski definition) is 2. The van der Waals surface area contributed by atoms with Crippen LogP contribution < -0.4 is 10.6 Å². The molecule has 0 bridgehead atoms. The number of thioether (sulfide) groups is 1. The second kappa shape index (κ2) is 8.89. The Hall–Kier alpha value is -0.420. The average molecular weight is 317 g/mol. The molecule has 0 aromatic heterocycles. The van der Waals surface area contributed by atoms with E-state index in [0.29, 0.717) is 6.54 Å². The van der Waals surface area contributed by atoms with Crippen LogP contribution in [-0.2, 0) is 4.74 Å². The van der Waals surface area contributed by atoms with Crippen LogP contribution in [0.3, 0.4) is 0 Å². The summed E-state index contributed by atoms with van der Waals surface area (Å²) in [5, 5.41) is 6.64. The lowest BCUT2D eigenvalue weighted by Crippen LogP contribution is -2.52. The Morgan fingerprint density at radius 2 is 1.90 bits per heavy atom. The van der Waals surface area contributed by atoms with Crippen LogP contribution in [0, 0.1) is 0 Å². The highest BCUT2D eigenvalue weighted by atomic mass is 32.2. The van der Waals surface area contributed by atoms with Crippen molar-refractivity contribution in [3.8, 4) is 0 Å². The van der Waals surface area contributed by atoms with Gasteiger partial charge in [0.15, 0.2) is 0 Å². The first-order chi connectivity index (χ1) is 9.87. The molecule has 0 spiro atoms. The van der Waals surface area contributed by atoms with Crippen molar-refractivity contribution in [1.29, 1.82) is 0 Å². The Bertz CT molecular complexity index is 310. The van der Waals surface area contributed by atoms with E-state index in [9.17, 15) is 4.79 Å². The lowest BCUT2D eigenvalue weighted by atomic mass is 9.97. The van der Waals surface area contributed by atoms with E-state index in [1.807, 2.05) is 32.5 Å². The van der Waals surface area contributed by atoms with E-state index in [-0.39, 0.29) is 11.6 Å². The Balaban J connectivity index is 2.33. The first-order valence-corrected chi connectivity index (χ1v) is 9.47. The van der Waals surface area contributed by atoms with E-state index in [1.165, 1.54) is 31.4 Å². The van der Waals surface area contributed by atoms with Crippen molar-refractivity contribution in [2.75, 3.05) is 25.1 Å². The Labute approximate surface area is 134 Å². The van der Waals surface area contributed by atoms with Gasteiger partial charge in [-0.1, -0.05) is 12.8 Å². The standard InChI is InChI=1S/C16H32N2O2S/c1-15(2,3)20-14(19)17-13-16(9-5-6-10-16)18-11-7-8-12-21-4/h18H,5-13H2,1-4H3,(H,17,19). The summed E-state index contributed by atoms with van der Waals surface area (Å²) in [6, 6.07) is 0. The van der Waals surface area contributed by atoms with Gasteiger partial charge in [-0.3, -0.25) is 0 Å². The number of rotatable bonds is 8. The number of carbonyl (C=O) groups is 1. The third-order valence-corrected chi connectivity index (χ3v) is 4.50. The number of unbranched alkanes of at least 4 members (excludes halogenated alkanes) is 1. The molecule has 0 aliphatic heterocycles. The summed E-state index contributed by atoms with van der Waals surface area (Å²) >= 11 is 1.90. The van der Waals surface area contributed by atoms with Crippen LogP contribution in [0.1, 0.15) is 59.3 Å². The van der Waals surface area contributed by atoms with Crippen molar-refractivity contribution in [2.24, 2.45) is 0 Å². The van der Waals surface area contributed by atoms with Gasteiger partial charge in [0.2, 0.25) is 0 Å². The highest BCUT2D eigenvalue weighted by molar-refractivity contribution is 7.98. The lowest BCUT2D eigenvalue weighted by Gasteiger charge is -2.31. The third kappa shape index (κ3) is 7.96. The highest BCUT2D eigenvalue weighted by Crippen LogP contribution is 2.29. The normalized spacial score (nSPS) is 17.7. The van der Waals surface area contributed by atoms with E-state index in [4.69, 9.17) is 4.74 Å². The minimum absolute atomic E-state index is 0.0796. The minimum atomic E-state index is -0.432. The smallest absolute Gasteiger partial charge is 0.407 e. The predicted molar refractivity (Wildman–Crippen MR) is 91.1 cm³/mol. The van der Waals surface area contributed by atoms with Crippen LogP contribution in [0.4, 0.5) is 4.79 Å². The lowest BCUT2D eigenvalue weighted by molar-refractivity contribution is 0.0509. The molecule has 0 radical (unpaired) electrons. The molecule has 0 aromatic carbocycles. The van der Waals surface area contributed by atoms with E-state index >= 15 is 0 Å². The largest absolute Gasteiger partial charge is 0.444 e. The Morgan fingerprint density at radius 1 is 1.24 bits per heavy atom. The average Bonchev–Trinajstić information content (AvgIpc) is 2.84. The fourth-order valence-electron chi connectivity index (χ4n) is 2.75. The Morgan fingerprint density at radius 3 is 2.48 bits per heavy atom. The van der Waals surface area contributed by atoms with Crippen molar-refractivity contribution in [1.82, 2.24) is 10.6 Å². The van der Waals surface area contributed by atoms with E-state index in [2.05, 4.69) is 16.9 Å². The SMILES string of the molecule is CSCCCCNC1(CNC(=O)OC(C)(C)C)CCCC1. The number of nitrogens with one attached hydrogen (secondary N) is 2. The topological polar surface area (TPSA) is 50.4 Å². The molecular formula is C16H32N2O2S. The van der Waals surface area contributed by atoms with E-state index in [1.54, 1.807) is 0 Å². The van der Waals surface area contributed by atoms with Crippen LogP contribution in [0.5, 0.6) is 0 Å². The molecule has 1 fully saturated rings. The zero-order chi connectivity index (χ0) is 15.8. The molecule has 0 unspecified atom stereocenters. The van der Waals surface area contributed by atoms with Crippen LogP contribution in [-0.4, -0.2) is 42.3 Å². The molecule has 0 atom stereocenters. The second-order valence-corrected chi connectivity index (χ2v) is 7.96. The fourth-order valence-corrected chi connectivity index (χ4v) is 3.24. The van der Waals surface area contributed by atoms with E-state index < -0.39 is 5.60 Å². The molecule has 1 aliphatic carbocycles. The van der Waals surface area contributed by atoms with Gasteiger partial charge in [0.25, 0.3) is 0 Å². The van der Waals surface area contributed by atoms with Crippen LogP contribution >= 0.6 is 11.8 Å². The first-order valence-electron chi connectivity index (χ1n) is 8.08. The van der Waals surface area contributed by atoms with Gasteiger partial charge in [-0.15, -0.1) is 0 Å². The van der Waals surface area contributed by atoms with Gasteiger partial charge < -0.3 is 15.4 Å². The molecule has 0 saturated heterocycles. The number of amides is 1. The van der Waals surface area contributed by atoms with Crippen molar-refractivity contribution < 1.29 is 9.53 Å². The third-order valence-electron chi connectivity index (χ3n) is 3.81. The summed E-state index contributed by atoms with van der Waals surface area (Å²) in [6.07, 6.45) is 9.08. The molecule has 4 nitrogen and oxygen atoms in total. The molecule has 5 heteroatoms. The van der Waals surface area contributed by atoms with Crippen molar-refractivity contribution >= 4 is 17.9 Å². The van der Waals surface area contributed by atoms with Gasteiger partial charge in [0, 0.05) is 12.1 Å². The summed E-state index contributed by atoms with van der Waals surface area (Å²) in [5.41, 5.74) is -0.353. The summed E-state index contributed by atoms with van der Waals surface area (Å²) < 4.78 is 5.32. The summed E-state index contributed by atoms with van der Waals surface area (Å²) in [7, 11) is 0. The predicted octanol–water partition coefficient (Wildman–Crippen LogP) is 3.56. The molecule has 21 heavy (non-hydrogen) atoms. The zero-order valence-electron chi connectivity index (χ0n) is 14.1. The van der Waals surface area contributed by atoms with Crippen molar-refractivity contribution in [3.05, 3.63) is 0 Å². The van der Waals surface area contributed by atoms with Crippen molar-refractivity contribution in [3.63, 3.8) is 0 Å². The maximum absolute atomic E-state index is 11.8. The summed E-state index contributed by atoms with van der Waals surface area (Å²) in [5.74, 6) is 1.23. The minimum Gasteiger partial charge on any atom is -0.444 e. The van der Waals surface area contributed by atoms with Crippen LogP contribution in [0.15, 0.2) is 0 Å². The van der Waals surface area contributed by atoms with Gasteiger partial charge in [0.05, 0.1) is 0 Å². The maximum Gasteiger partial charge on any atom is 0.407 e. The Kier molecular flexibility index (Phi) is 7.88. The van der Waals surface area contributed by atoms with Gasteiger partial charge in [-0.2, -0.15) is 11.8 Å². The van der Waals surface area contributed by atoms with E-state index in [0.717, 1.165) is 19.4 Å². The van der Waals surface area contributed by atoms with Crippen molar-refractivity contribution in [2.45, 2.75) is 70.4 Å². The molecule has 1 aliphatic rings. The summed E-state index contributed by atoms with van der Waals surface area (Å²) in [6.45, 7) is 7.38. The zero-order valence-corrected chi connectivity index (χ0v) is 14.9. The van der Waals surface area contributed by atoms with Gasteiger partial charge >= 0.3 is 6.09 Å². The van der Waals surface area contributed by atoms with Gasteiger partial charge in [-0.25, -0.2) is 4.79 Å². The molecule has 1 saturated carbocycles. The first kappa shape index (κ1) is 18.6. The number of ether oxygens (including phenoxy) is 1. The number of alkyl carbamates (subject to hydrolysis) is 1. The molecular weight excluding hydrogens is 284 g/mol. The molecule has 124 valence electrons. The van der Waals surface area contributed by atoms with Crippen LogP contribution in [0.2, 0.25) is 0 Å². The highest BCUT2D eigenvalue weighted by Gasteiger charge is 2.33. The monoisotopic (exact) mass is 316 g/mol. The maximum atomic E-state index is 11.8. The molecule has 2 N–H and O–H groups in total. The van der Waals surface area contributed by atoms with Gasteiger partial charge in [-0.05, 0) is 65.0 Å². The number of carbonyl (C=O) groups excluding carboxylic acids is 1. The molecule has 1 amide bonds. The number of hydrogen-bond acceptors (Lipinski definition) is 4.